The van der Waals surface area contributed by atoms with E-state index in [2.05, 4.69) is 10.2 Å². The van der Waals surface area contributed by atoms with Crippen LogP contribution in [0.25, 0.3) is 0 Å². The van der Waals surface area contributed by atoms with Crippen molar-refractivity contribution >= 4 is 29.0 Å². The monoisotopic (exact) mass is 494 g/mol. The van der Waals surface area contributed by atoms with Crippen molar-refractivity contribution in [3.05, 3.63) is 52.5 Å². The van der Waals surface area contributed by atoms with E-state index in [0.717, 1.165) is 24.2 Å². The first-order valence-corrected chi connectivity index (χ1v) is 12.8. The summed E-state index contributed by atoms with van der Waals surface area (Å²) >= 11 is 5.97. The highest BCUT2D eigenvalue weighted by atomic mass is 35.5. The van der Waals surface area contributed by atoms with Crippen LogP contribution in [0.15, 0.2) is 36.4 Å². The molecule has 3 aliphatic carbocycles. The zero-order valence-corrected chi connectivity index (χ0v) is 19.9. The van der Waals surface area contributed by atoms with Crippen LogP contribution >= 0.6 is 11.6 Å². The molecule has 3 N–H and O–H groups in total. The summed E-state index contributed by atoms with van der Waals surface area (Å²) in [5.41, 5.74) is 0.0547. The van der Waals surface area contributed by atoms with Gasteiger partial charge in [-0.3, -0.25) is 14.5 Å². The Labute approximate surface area is 208 Å². The van der Waals surface area contributed by atoms with E-state index in [1.807, 2.05) is 6.07 Å². The molecule has 1 amide bonds. The second-order valence-corrected chi connectivity index (χ2v) is 11.3. The second-order valence-electron chi connectivity index (χ2n) is 10.9. The number of ether oxygens (including phenoxy) is 1. The molecule has 5 atom stereocenters. The molecule has 1 unspecified atom stereocenters. The van der Waals surface area contributed by atoms with Crippen LogP contribution in [0.5, 0.6) is 11.5 Å². The van der Waals surface area contributed by atoms with Crippen molar-refractivity contribution in [1.82, 2.24) is 4.90 Å². The minimum Gasteiger partial charge on any atom is -0.504 e. The van der Waals surface area contributed by atoms with Gasteiger partial charge in [-0.25, -0.2) is 0 Å². The lowest BCUT2D eigenvalue weighted by Crippen LogP contribution is -2.78. The van der Waals surface area contributed by atoms with E-state index in [1.54, 1.807) is 30.3 Å². The Morgan fingerprint density at radius 2 is 1.97 bits per heavy atom. The molecule has 8 heteroatoms. The van der Waals surface area contributed by atoms with Gasteiger partial charge in [-0.15, -0.1) is 0 Å². The molecule has 0 aromatic heterocycles. The number of benzene rings is 2. The fourth-order valence-corrected chi connectivity index (χ4v) is 7.41. The Morgan fingerprint density at radius 3 is 2.71 bits per heavy atom. The normalized spacial score (nSPS) is 34.8. The maximum Gasteiger partial charge on any atom is 0.235 e. The average Bonchev–Trinajstić information content (AvgIpc) is 3.57. The molecule has 2 aliphatic heterocycles. The van der Waals surface area contributed by atoms with Gasteiger partial charge in [0.1, 0.15) is 5.92 Å². The Kier molecular flexibility index (Phi) is 4.46. The van der Waals surface area contributed by atoms with Crippen LogP contribution in [0.3, 0.4) is 0 Å². The number of halogens is 1. The first-order chi connectivity index (χ1) is 16.8. The van der Waals surface area contributed by atoms with E-state index in [0.29, 0.717) is 35.2 Å². The van der Waals surface area contributed by atoms with Crippen molar-refractivity contribution in [1.29, 1.82) is 0 Å². The number of likely N-dealkylation sites (tertiary alicyclic amines) is 1. The number of phenolic OH excluding ortho intramolecular Hbond substituents is 1. The first-order valence-electron chi connectivity index (χ1n) is 12.4. The average molecular weight is 495 g/mol. The lowest BCUT2D eigenvalue weighted by molar-refractivity contribution is -0.197. The SMILES string of the molecule is O=C(Nc1ccc(Cl)cc1)C1C[C@@]2(O)[C@H]3Cc4ccc(O)c5c4[C@@]2(CCN3CC2CC2)[C@@H](O5)C1=O. The number of amides is 1. The summed E-state index contributed by atoms with van der Waals surface area (Å²) in [4.78, 5) is 29.6. The summed E-state index contributed by atoms with van der Waals surface area (Å²) in [6, 6.07) is 10.0. The highest BCUT2D eigenvalue weighted by Crippen LogP contribution is 2.65. The van der Waals surface area contributed by atoms with Crippen LogP contribution in [-0.2, 0) is 21.4 Å². The maximum absolute atomic E-state index is 13.8. The first kappa shape index (κ1) is 21.7. The van der Waals surface area contributed by atoms with Gasteiger partial charge in [0.15, 0.2) is 23.4 Å². The van der Waals surface area contributed by atoms with Crippen molar-refractivity contribution < 1.29 is 24.5 Å². The van der Waals surface area contributed by atoms with E-state index in [1.165, 1.54) is 12.8 Å². The topological polar surface area (TPSA) is 99.1 Å². The van der Waals surface area contributed by atoms with Crippen molar-refractivity contribution in [2.45, 2.75) is 55.3 Å². The number of hydrogen-bond acceptors (Lipinski definition) is 6. The third-order valence-corrected chi connectivity index (χ3v) is 9.31. The molecular formula is C27H27ClN2O5. The van der Waals surface area contributed by atoms with Crippen molar-refractivity contribution in [2.75, 3.05) is 18.4 Å². The third kappa shape index (κ3) is 2.86. The highest BCUT2D eigenvalue weighted by Gasteiger charge is 2.75. The van der Waals surface area contributed by atoms with Crippen LogP contribution < -0.4 is 10.1 Å². The Morgan fingerprint density at radius 1 is 1.20 bits per heavy atom. The summed E-state index contributed by atoms with van der Waals surface area (Å²) < 4.78 is 6.19. The van der Waals surface area contributed by atoms with Crippen LogP contribution in [0, 0.1) is 11.8 Å². The maximum atomic E-state index is 13.8. The molecule has 3 fully saturated rings. The van der Waals surface area contributed by atoms with E-state index in [-0.39, 0.29) is 24.0 Å². The molecule has 2 heterocycles. The Hall–Kier alpha value is -2.61. The standard InChI is InChI=1S/C27H27ClN2O5/c28-16-4-6-17(7-5-16)29-25(33)18-12-27(34)20-11-15-3-8-19(31)23-21(15)26(27,24(35-23)22(18)32)9-10-30(20)13-14-1-2-14/h3-8,14,18,20,24,31,34H,1-2,9-13H2,(H,29,33)/t18?,20-,24+,26+,27-/m1/s1. The Balaban J connectivity index is 1.32. The number of nitrogens with zero attached hydrogens (tertiary/aromatic N) is 1. The fraction of sp³-hybridized carbons (Fsp3) is 0.481. The number of aliphatic hydroxyl groups is 1. The molecule has 2 saturated carbocycles. The number of hydrogen-bond donors (Lipinski definition) is 3. The highest BCUT2D eigenvalue weighted by molar-refractivity contribution is 6.30. The smallest absolute Gasteiger partial charge is 0.235 e. The number of carbonyl (C=O) groups is 2. The van der Waals surface area contributed by atoms with E-state index >= 15 is 0 Å². The van der Waals surface area contributed by atoms with Crippen molar-refractivity contribution in [2.24, 2.45) is 11.8 Å². The predicted octanol–water partition coefficient (Wildman–Crippen LogP) is 3.04. The number of Topliss-reactive ketones (excluding diaryl/α,β-unsaturated/α-hetero) is 1. The number of ketones is 1. The van der Waals surface area contributed by atoms with Gasteiger partial charge in [0, 0.05) is 28.9 Å². The van der Waals surface area contributed by atoms with Gasteiger partial charge < -0.3 is 20.3 Å². The molecule has 7 nitrogen and oxygen atoms in total. The van der Waals surface area contributed by atoms with Crippen molar-refractivity contribution in [3.8, 4) is 11.5 Å². The fourth-order valence-electron chi connectivity index (χ4n) is 7.29. The van der Waals surface area contributed by atoms with Crippen molar-refractivity contribution in [3.63, 3.8) is 0 Å². The van der Waals surface area contributed by atoms with Gasteiger partial charge in [0.2, 0.25) is 5.91 Å². The lowest BCUT2D eigenvalue weighted by Gasteiger charge is -2.63. The summed E-state index contributed by atoms with van der Waals surface area (Å²) in [5.74, 6) is -0.929. The summed E-state index contributed by atoms with van der Waals surface area (Å²) in [7, 11) is 0. The predicted molar refractivity (Wildman–Crippen MR) is 129 cm³/mol. The zero-order chi connectivity index (χ0) is 24.1. The minimum atomic E-state index is -1.33. The third-order valence-electron chi connectivity index (χ3n) is 9.06. The van der Waals surface area contributed by atoms with Gasteiger partial charge in [0.05, 0.1) is 11.0 Å². The lowest BCUT2D eigenvalue weighted by atomic mass is 9.47. The molecule has 1 spiro atoms. The van der Waals surface area contributed by atoms with E-state index < -0.39 is 28.9 Å². The van der Waals surface area contributed by atoms with Crippen LogP contribution in [0.2, 0.25) is 5.02 Å². The molecule has 5 aliphatic rings. The molecular weight excluding hydrogens is 468 g/mol. The molecule has 7 rings (SSSR count). The zero-order valence-electron chi connectivity index (χ0n) is 19.2. The number of nitrogens with one attached hydrogen (secondary N) is 1. The van der Waals surface area contributed by atoms with Crippen LogP contribution in [-0.4, -0.2) is 57.6 Å². The quantitative estimate of drug-likeness (QED) is 0.565. The largest absolute Gasteiger partial charge is 0.504 e. The molecule has 1 saturated heterocycles. The van der Waals surface area contributed by atoms with Crippen LogP contribution in [0.4, 0.5) is 5.69 Å². The van der Waals surface area contributed by atoms with Gasteiger partial charge >= 0.3 is 0 Å². The summed E-state index contributed by atoms with van der Waals surface area (Å²) in [6.07, 6.45) is 2.60. The molecule has 182 valence electrons. The number of carbonyl (C=O) groups excluding carboxylic acids is 2. The second kappa shape index (κ2) is 7.21. The van der Waals surface area contributed by atoms with Gasteiger partial charge in [-0.1, -0.05) is 17.7 Å². The molecule has 35 heavy (non-hydrogen) atoms. The number of rotatable bonds is 4. The molecule has 2 bridgehead atoms. The van der Waals surface area contributed by atoms with Gasteiger partial charge in [-0.2, -0.15) is 0 Å². The molecule has 2 aromatic rings. The number of phenols is 1. The number of aromatic hydroxyl groups is 1. The number of piperidine rings is 1. The minimum absolute atomic E-state index is 0.0244. The number of anilines is 1. The Bertz CT molecular complexity index is 1260. The summed E-state index contributed by atoms with van der Waals surface area (Å²) in [5, 5.41) is 26.6. The molecule has 2 aromatic carbocycles. The van der Waals surface area contributed by atoms with E-state index in [4.69, 9.17) is 16.3 Å². The molecule has 0 radical (unpaired) electrons. The van der Waals surface area contributed by atoms with Crippen LogP contribution in [0.1, 0.15) is 36.8 Å². The van der Waals surface area contributed by atoms with Gasteiger partial charge in [-0.05, 0) is 80.5 Å². The van der Waals surface area contributed by atoms with E-state index in [9.17, 15) is 19.8 Å². The van der Waals surface area contributed by atoms with Gasteiger partial charge in [0.25, 0.3) is 0 Å². The summed E-state index contributed by atoms with van der Waals surface area (Å²) in [6.45, 7) is 1.68.